The summed E-state index contributed by atoms with van der Waals surface area (Å²) in [5, 5.41) is 2.06. The summed E-state index contributed by atoms with van der Waals surface area (Å²) in [7, 11) is 2.13. The van der Waals surface area contributed by atoms with Crippen LogP contribution >= 0.6 is 11.3 Å². The predicted molar refractivity (Wildman–Crippen MR) is 88.0 cm³/mol. The summed E-state index contributed by atoms with van der Waals surface area (Å²) in [5.41, 5.74) is 1.95. The number of ketones is 1. The van der Waals surface area contributed by atoms with Crippen LogP contribution in [0.4, 0.5) is 0 Å². The number of benzene rings is 1. The fourth-order valence-corrected chi connectivity index (χ4v) is 3.31. The fraction of sp³-hybridized carbons (Fsp3) is 0.353. The molecule has 1 aliphatic rings. The molecule has 0 unspecified atom stereocenters. The number of likely N-dealkylation sites (N-methyl/N-ethyl adjacent to an activating group) is 1. The van der Waals surface area contributed by atoms with Gasteiger partial charge in [-0.25, -0.2) is 0 Å². The van der Waals surface area contributed by atoms with Gasteiger partial charge in [-0.15, -0.1) is 11.3 Å². The number of hydrogen-bond donors (Lipinski definition) is 0. The lowest BCUT2D eigenvalue weighted by molar-refractivity contribution is 0.0876. The first-order chi connectivity index (χ1) is 10.2. The van der Waals surface area contributed by atoms with E-state index in [1.165, 1.54) is 4.88 Å². The monoisotopic (exact) mass is 300 g/mol. The Bertz CT molecular complexity index is 601. The van der Waals surface area contributed by atoms with Crippen LogP contribution in [0, 0.1) is 0 Å². The summed E-state index contributed by atoms with van der Waals surface area (Å²) in [6.07, 6.45) is 0. The van der Waals surface area contributed by atoms with Crippen molar-refractivity contribution >= 4 is 17.1 Å². The van der Waals surface area contributed by atoms with Gasteiger partial charge in [0.2, 0.25) is 0 Å². The van der Waals surface area contributed by atoms with Crippen LogP contribution in [0.2, 0.25) is 0 Å². The Kier molecular flexibility index (Phi) is 4.48. The van der Waals surface area contributed by atoms with Crippen LogP contribution in [-0.4, -0.2) is 55.4 Å². The average Bonchev–Trinajstić information content (AvgIpc) is 3.04. The van der Waals surface area contributed by atoms with Crippen LogP contribution in [0.25, 0.3) is 10.4 Å². The summed E-state index contributed by atoms with van der Waals surface area (Å²) < 4.78 is 0. The lowest BCUT2D eigenvalue weighted by Gasteiger charge is -2.31. The molecule has 110 valence electrons. The quantitative estimate of drug-likeness (QED) is 0.811. The van der Waals surface area contributed by atoms with Gasteiger partial charge in [0.05, 0.1) is 6.54 Å². The summed E-state index contributed by atoms with van der Waals surface area (Å²) in [5.74, 6) is 0.220. The molecule has 0 bridgehead atoms. The van der Waals surface area contributed by atoms with Gasteiger partial charge in [-0.3, -0.25) is 9.69 Å². The zero-order chi connectivity index (χ0) is 14.7. The number of thiophene rings is 1. The molecule has 0 atom stereocenters. The van der Waals surface area contributed by atoms with Crippen molar-refractivity contribution in [1.82, 2.24) is 9.80 Å². The molecule has 0 N–H and O–H groups in total. The van der Waals surface area contributed by atoms with Gasteiger partial charge in [0.1, 0.15) is 0 Å². The van der Waals surface area contributed by atoms with Crippen molar-refractivity contribution in [2.45, 2.75) is 0 Å². The summed E-state index contributed by atoms with van der Waals surface area (Å²) in [6, 6.07) is 12.1. The van der Waals surface area contributed by atoms with E-state index in [4.69, 9.17) is 0 Å². The smallest absolute Gasteiger partial charge is 0.176 e. The fourth-order valence-electron chi connectivity index (χ4n) is 2.59. The average molecular weight is 300 g/mol. The van der Waals surface area contributed by atoms with Gasteiger partial charge < -0.3 is 4.90 Å². The summed E-state index contributed by atoms with van der Waals surface area (Å²) in [4.78, 5) is 18.2. The SMILES string of the molecule is CN1CCN(CC(=O)c2cccc(-c3cccs3)c2)CC1. The highest BCUT2D eigenvalue weighted by molar-refractivity contribution is 7.13. The molecule has 0 spiro atoms. The maximum absolute atomic E-state index is 12.5. The van der Waals surface area contributed by atoms with E-state index >= 15 is 0 Å². The molecule has 21 heavy (non-hydrogen) atoms. The number of Topliss-reactive ketones (excluding diaryl/α,β-unsaturated/α-hetero) is 1. The van der Waals surface area contributed by atoms with Gasteiger partial charge in [0.25, 0.3) is 0 Å². The predicted octanol–water partition coefficient (Wildman–Crippen LogP) is 2.85. The topological polar surface area (TPSA) is 23.6 Å². The molecule has 0 radical (unpaired) electrons. The number of carbonyl (C=O) groups is 1. The van der Waals surface area contributed by atoms with Gasteiger partial charge in [-0.1, -0.05) is 24.3 Å². The van der Waals surface area contributed by atoms with Crippen molar-refractivity contribution in [3.8, 4) is 10.4 Å². The number of hydrogen-bond acceptors (Lipinski definition) is 4. The van der Waals surface area contributed by atoms with Gasteiger partial charge in [0.15, 0.2) is 5.78 Å². The van der Waals surface area contributed by atoms with Crippen molar-refractivity contribution in [2.24, 2.45) is 0 Å². The number of nitrogens with zero attached hydrogens (tertiary/aromatic N) is 2. The number of carbonyl (C=O) groups excluding carboxylic acids is 1. The second-order valence-corrected chi connectivity index (χ2v) is 6.51. The largest absolute Gasteiger partial charge is 0.304 e. The molecule has 3 rings (SSSR count). The minimum atomic E-state index is 0.220. The van der Waals surface area contributed by atoms with E-state index in [-0.39, 0.29) is 5.78 Å². The van der Waals surface area contributed by atoms with Gasteiger partial charge >= 0.3 is 0 Å². The zero-order valence-corrected chi connectivity index (χ0v) is 13.1. The van der Waals surface area contributed by atoms with Crippen LogP contribution in [-0.2, 0) is 0 Å². The standard InChI is InChI=1S/C17H20N2OS/c1-18-7-9-19(10-8-18)13-16(20)14-4-2-5-15(12-14)17-6-3-11-21-17/h2-6,11-12H,7-10,13H2,1H3. The van der Waals surface area contributed by atoms with E-state index in [1.807, 2.05) is 24.3 Å². The minimum Gasteiger partial charge on any atom is -0.304 e. The maximum atomic E-state index is 12.5. The van der Waals surface area contributed by atoms with E-state index in [0.29, 0.717) is 6.54 Å². The third kappa shape index (κ3) is 3.59. The van der Waals surface area contributed by atoms with Crippen molar-refractivity contribution in [1.29, 1.82) is 0 Å². The number of piperazine rings is 1. The first-order valence-electron chi connectivity index (χ1n) is 7.30. The van der Waals surface area contributed by atoms with Gasteiger partial charge in [0, 0.05) is 36.6 Å². The molecule has 0 amide bonds. The van der Waals surface area contributed by atoms with E-state index in [0.717, 1.165) is 37.3 Å². The number of rotatable bonds is 4. The molecule has 4 heteroatoms. The van der Waals surface area contributed by atoms with Crippen LogP contribution < -0.4 is 0 Å². The molecular weight excluding hydrogens is 280 g/mol. The Labute approximate surface area is 129 Å². The third-order valence-corrected chi connectivity index (χ3v) is 4.87. The highest BCUT2D eigenvalue weighted by Gasteiger charge is 2.17. The van der Waals surface area contributed by atoms with Crippen LogP contribution in [0.1, 0.15) is 10.4 Å². The zero-order valence-electron chi connectivity index (χ0n) is 12.3. The van der Waals surface area contributed by atoms with E-state index in [1.54, 1.807) is 11.3 Å². The Balaban J connectivity index is 1.69. The van der Waals surface area contributed by atoms with Gasteiger partial charge in [-0.05, 0) is 30.1 Å². The lowest BCUT2D eigenvalue weighted by Crippen LogP contribution is -2.46. The van der Waals surface area contributed by atoms with Crippen molar-refractivity contribution < 1.29 is 4.79 Å². The molecule has 2 heterocycles. The van der Waals surface area contributed by atoms with Crippen molar-refractivity contribution in [2.75, 3.05) is 39.8 Å². The van der Waals surface area contributed by atoms with Crippen LogP contribution in [0.5, 0.6) is 0 Å². The molecule has 1 saturated heterocycles. The van der Waals surface area contributed by atoms with Gasteiger partial charge in [-0.2, -0.15) is 0 Å². The molecule has 1 fully saturated rings. The van der Waals surface area contributed by atoms with Crippen LogP contribution in [0.15, 0.2) is 41.8 Å². The first kappa shape index (κ1) is 14.4. The Hall–Kier alpha value is -1.49. The highest BCUT2D eigenvalue weighted by Crippen LogP contribution is 2.25. The second kappa shape index (κ2) is 6.52. The molecule has 1 aromatic heterocycles. The normalized spacial score (nSPS) is 17.0. The second-order valence-electron chi connectivity index (χ2n) is 5.56. The molecule has 3 nitrogen and oxygen atoms in total. The van der Waals surface area contributed by atoms with Crippen LogP contribution in [0.3, 0.4) is 0 Å². The van der Waals surface area contributed by atoms with Crippen molar-refractivity contribution in [3.63, 3.8) is 0 Å². The molecule has 1 aliphatic heterocycles. The van der Waals surface area contributed by atoms with E-state index in [9.17, 15) is 4.79 Å². The Morgan fingerprint density at radius 2 is 1.95 bits per heavy atom. The maximum Gasteiger partial charge on any atom is 0.176 e. The first-order valence-corrected chi connectivity index (χ1v) is 8.18. The molecule has 2 aromatic rings. The molecule has 0 saturated carbocycles. The molecular formula is C17H20N2OS. The molecule has 0 aliphatic carbocycles. The van der Waals surface area contributed by atoms with Crippen molar-refractivity contribution in [3.05, 3.63) is 47.3 Å². The van der Waals surface area contributed by atoms with E-state index < -0.39 is 0 Å². The highest BCUT2D eigenvalue weighted by atomic mass is 32.1. The van der Waals surface area contributed by atoms with E-state index in [2.05, 4.69) is 34.4 Å². The summed E-state index contributed by atoms with van der Waals surface area (Å²) in [6.45, 7) is 4.58. The Morgan fingerprint density at radius 3 is 2.67 bits per heavy atom. The Morgan fingerprint density at radius 1 is 1.14 bits per heavy atom. The lowest BCUT2D eigenvalue weighted by atomic mass is 10.1. The minimum absolute atomic E-state index is 0.220. The summed E-state index contributed by atoms with van der Waals surface area (Å²) >= 11 is 1.71. The molecule has 1 aromatic carbocycles. The third-order valence-electron chi connectivity index (χ3n) is 3.95.